The first-order chi connectivity index (χ1) is 5.04. The van der Waals surface area contributed by atoms with Crippen molar-refractivity contribution in [1.29, 1.82) is 5.41 Å². The first-order valence-electron chi connectivity index (χ1n) is 2.75. The van der Waals surface area contributed by atoms with Gasteiger partial charge in [0.2, 0.25) is 5.96 Å². The minimum Gasteiger partial charge on any atom is -0.450 e. The zero-order valence-electron chi connectivity index (χ0n) is 6.09. The maximum atomic E-state index is 8.56. The molecule has 0 saturated carbocycles. The quantitative estimate of drug-likeness (QED) is 0.130. The number of hydrazine groups is 1. The molecule has 0 aromatic heterocycles. The minimum absolute atomic E-state index is 0.155. The van der Waals surface area contributed by atoms with Crippen molar-refractivity contribution < 1.29 is 15.0 Å². The molecule has 11 heavy (non-hydrogen) atoms. The number of carboxylic acid groups (broad SMARTS) is 2. The number of guanidine groups is 1. The molecule has 0 unspecified atom stereocenters. The van der Waals surface area contributed by atoms with E-state index in [-0.39, 0.29) is 5.96 Å². The van der Waals surface area contributed by atoms with E-state index in [4.69, 9.17) is 26.3 Å². The third-order valence-electron chi connectivity index (χ3n) is 0.498. The van der Waals surface area contributed by atoms with Gasteiger partial charge in [0.1, 0.15) is 0 Å². The fraction of sp³-hybridized carbons (Fsp3) is 0.500. The van der Waals surface area contributed by atoms with Crippen molar-refractivity contribution in [3.63, 3.8) is 0 Å². The lowest BCUT2D eigenvalue weighted by atomic mass is 10.7. The first kappa shape index (κ1) is 12.2. The van der Waals surface area contributed by atoms with Crippen LogP contribution < -0.4 is 16.6 Å². The van der Waals surface area contributed by atoms with Gasteiger partial charge < -0.3 is 15.5 Å². The molecule has 0 amide bonds. The lowest BCUT2D eigenvalue weighted by Crippen LogP contribution is -2.40. The number of nitrogens with two attached hydrogens (primary N) is 1. The molecule has 7 heteroatoms. The van der Waals surface area contributed by atoms with Crippen LogP contribution in [0.15, 0.2) is 0 Å². The van der Waals surface area contributed by atoms with Gasteiger partial charge in [-0.2, -0.15) is 0 Å². The molecule has 0 saturated heterocycles. The van der Waals surface area contributed by atoms with Gasteiger partial charge in [0.25, 0.3) is 0 Å². The molecule has 0 rings (SSSR count). The molecule has 0 aromatic rings. The van der Waals surface area contributed by atoms with Gasteiger partial charge in [-0.1, -0.05) is 0 Å². The van der Waals surface area contributed by atoms with Crippen LogP contribution in [-0.4, -0.2) is 28.9 Å². The number of nitrogens with one attached hydrogen (secondary N) is 3. The minimum atomic E-state index is -1.83. The molecular formula is C4H12N4O3. The molecule has 0 aliphatic rings. The van der Waals surface area contributed by atoms with Crippen molar-refractivity contribution in [2.24, 2.45) is 5.84 Å². The smallest absolute Gasteiger partial charge is 0.450 e. The molecule has 0 heterocycles. The van der Waals surface area contributed by atoms with Crippen LogP contribution in [0.4, 0.5) is 4.79 Å². The second-order valence-electron chi connectivity index (χ2n) is 1.33. The third-order valence-corrected chi connectivity index (χ3v) is 0.498. The van der Waals surface area contributed by atoms with E-state index in [0.29, 0.717) is 0 Å². The van der Waals surface area contributed by atoms with Crippen molar-refractivity contribution in [2.45, 2.75) is 6.92 Å². The summed E-state index contributed by atoms with van der Waals surface area (Å²) in [4.78, 5) is 8.56. The molecule has 7 nitrogen and oxygen atoms in total. The van der Waals surface area contributed by atoms with Crippen LogP contribution in [0, 0.1) is 5.41 Å². The average molecular weight is 164 g/mol. The van der Waals surface area contributed by atoms with Gasteiger partial charge in [-0.05, 0) is 6.92 Å². The Morgan fingerprint density at radius 2 is 2.00 bits per heavy atom. The lowest BCUT2D eigenvalue weighted by Gasteiger charge is -2.00. The van der Waals surface area contributed by atoms with E-state index in [1.165, 1.54) is 0 Å². The van der Waals surface area contributed by atoms with Crippen LogP contribution in [0.2, 0.25) is 0 Å². The molecule has 0 aliphatic heterocycles. The highest BCUT2D eigenvalue weighted by molar-refractivity contribution is 5.75. The van der Waals surface area contributed by atoms with Crippen LogP contribution >= 0.6 is 0 Å². The Morgan fingerprint density at radius 3 is 2.09 bits per heavy atom. The van der Waals surface area contributed by atoms with Gasteiger partial charge in [0.05, 0.1) is 0 Å². The molecule has 0 bridgehead atoms. The number of rotatable bonds is 1. The highest BCUT2D eigenvalue weighted by Gasteiger charge is 1.81. The molecule has 0 radical (unpaired) electrons. The van der Waals surface area contributed by atoms with Gasteiger partial charge in [-0.3, -0.25) is 10.8 Å². The number of hydrogen-bond acceptors (Lipinski definition) is 3. The predicted molar refractivity (Wildman–Crippen MR) is 39.4 cm³/mol. The van der Waals surface area contributed by atoms with Crippen LogP contribution in [0.1, 0.15) is 6.92 Å². The Hall–Kier alpha value is -1.50. The molecular weight excluding hydrogens is 152 g/mol. The zero-order valence-corrected chi connectivity index (χ0v) is 6.09. The van der Waals surface area contributed by atoms with Crippen molar-refractivity contribution in [2.75, 3.05) is 6.54 Å². The summed E-state index contributed by atoms with van der Waals surface area (Å²) in [5, 5.41) is 23.4. The second-order valence-corrected chi connectivity index (χ2v) is 1.33. The van der Waals surface area contributed by atoms with Crippen molar-refractivity contribution in [1.82, 2.24) is 10.7 Å². The number of carbonyl (C=O) groups is 1. The van der Waals surface area contributed by atoms with E-state index in [1.54, 1.807) is 0 Å². The highest BCUT2D eigenvalue weighted by atomic mass is 16.6. The first-order valence-corrected chi connectivity index (χ1v) is 2.75. The van der Waals surface area contributed by atoms with Gasteiger partial charge in [-0.25, -0.2) is 10.6 Å². The Morgan fingerprint density at radius 1 is 1.64 bits per heavy atom. The number of hydrogen-bond donors (Lipinski definition) is 6. The van der Waals surface area contributed by atoms with Gasteiger partial charge in [-0.15, -0.1) is 0 Å². The van der Waals surface area contributed by atoms with E-state index in [9.17, 15) is 0 Å². The van der Waals surface area contributed by atoms with Crippen LogP contribution in [0.5, 0.6) is 0 Å². The van der Waals surface area contributed by atoms with E-state index in [0.717, 1.165) is 6.54 Å². The molecule has 0 atom stereocenters. The van der Waals surface area contributed by atoms with Crippen LogP contribution in [0.25, 0.3) is 0 Å². The van der Waals surface area contributed by atoms with E-state index in [2.05, 4.69) is 10.7 Å². The maximum absolute atomic E-state index is 8.56. The summed E-state index contributed by atoms with van der Waals surface area (Å²) in [5.41, 5.74) is 2.14. The summed E-state index contributed by atoms with van der Waals surface area (Å²) in [6.07, 6.45) is -1.83. The third kappa shape index (κ3) is 29.3. The average Bonchev–Trinajstić information content (AvgIpc) is 1.87. The van der Waals surface area contributed by atoms with Crippen LogP contribution in [-0.2, 0) is 0 Å². The topological polar surface area (TPSA) is 131 Å². The Bertz CT molecular complexity index is 123. The fourth-order valence-electron chi connectivity index (χ4n) is 0.228. The second kappa shape index (κ2) is 8.50. The summed E-state index contributed by atoms with van der Waals surface area (Å²) in [5.74, 6) is 4.98. The summed E-state index contributed by atoms with van der Waals surface area (Å²) >= 11 is 0. The van der Waals surface area contributed by atoms with Gasteiger partial charge >= 0.3 is 6.16 Å². The predicted octanol–water partition coefficient (Wildman–Crippen LogP) is -0.784. The summed E-state index contributed by atoms with van der Waals surface area (Å²) in [7, 11) is 0. The molecule has 0 aliphatic carbocycles. The van der Waals surface area contributed by atoms with E-state index >= 15 is 0 Å². The van der Waals surface area contributed by atoms with Crippen molar-refractivity contribution in [3.05, 3.63) is 0 Å². The normalized spacial score (nSPS) is 7.09. The monoisotopic (exact) mass is 164 g/mol. The lowest BCUT2D eigenvalue weighted by molar-refractivity contribution is 0.137. The fourth-order valence-corrected chi connectivity index (χ4v) is 0.228. The molecule has 66 valence electrons. The maximum Gasteiger partial charge on any atom is 0.503 e. The molecule has 0 aromatic carbocycles. The van der Waals surface area contributed by atoms with Gasteiger partial charge in [0.15, 0.2) is 0 Å². The molecule has 0 fully saturated rings. The Kier molecular flexibility index (Phi) is 9.43. The molecule has 0 spiro atoms. The van der Waals surface area contributed by atoms with Crippen molar-refractivity contribution in [3.8, 4) is 0 Å². The van der Waals surface area contributed by atoms with E-state index < -0.39 is 6.16 Å². The zero-order chi connectivity index (χ0) is 9.28. The molecule has 7 N–H and O–H groups in total. The summed E-state index contributed by atoms with van der Waals surface area (Å²) < 4.78 is 0. The summed E-state index contributed by atoms with van der Waals surface area (Å²) in [6.45, 7) is 2.62. The largest absolute Gasteiger partial charge is 0.503 e. The highest BCUT2D eigenvalue weighted by Crippen LogP contribution is 1.50. The standard InChI is InChI=1S/C3H10N4.CH2O3/c1-2-6-3(4)7-5;2-1(3)4/h2,5H2,1H3,(H3,4,6,7);(H2,2,3,4). The summed E-state index contributed by atoms with van der Waals surface area (Å²) in [6, 6.07) is 0. The van der Waals surface area contributed by atoms with Crippen molar-refractivity contribution >= 4 is 12.1 Å². The van der Waals surface area contributed by atoms with Gasteiger partial charge in [0, 0.05) is 6.54 Å². The Balaban J connectivity index is 0. The van der Waals surface area contributed by atoms with Crippen LogP contribution in [0.3, 0.4) is 0 Å². The Labute approximate surface area is 63.7 Å². The SMILES string of the molecule is CCNC(=N)NN.O=C(O)O. The van der Waals surface area contributed by atoms with E-state index in [1.807, 2.05) is 6.92 Å².